The highest BCUT2D eigenvalue weighted by molar-refractivity contribution is 7.18. The molecule has 0 aromatic carbocycles. The summed E-state index contributed by atoms with van der Waals surface area (Å²) in [6.45, 7) is 5.92. The molecule has 4 rings (SSSR count). The molecule has 0 fully saturated rings. The number of carbonyl (C=O) groups is 1. The average Bonchev–Trinajstić information content (AvgIpc) is 3.35. The van der Waals surface area contributed by atoms with E-state index in [0.717, 1.165) is 37.3 Å². The largest absolute Gasteiger partial charge is 0.420 e. The maximum atomic E-state index is 13.6. The first-order chi connectivity index (χ1) is 15.1. The minimum absolute atomic E-state index is 0.0524. The lowest BCUT2D eigenvalue weighted by Crippen LogP contribution is -2.16. The van der Waals surface area contributed by atoms with Gasteiger partial charge in [0, 0.05) is 25.2 Å². The molecular formula is C21H19F3N6OS. The van der Waals surface area contributed by atoms with Crippen molar-refractivity contribution < 1.29 is 18.0 Å². The summed E-state index contributed by atoms with van der Waals surface area (Å²) < 4.78 is 40.8. The van der Waals surface area contributed by atoms with Crippen LogP contribution in [0.5, 0.6) is 0 Å². The van der Waals surface area contributed by atoms with Gasteiger partial charge in [0.2, 0.25) is 0 Å². The van der Waals surface area contributed by atoms with Gasteiger partial charge in [0.05, 0.1) is 17.4 Å². The zero-order valence-electron chi connectivity index (χ0n) is 17.5. The number of Topliss-reactive ketones (excluding diaryl/α,β-unsaturated/α-hetero) is 1. The summed E-state index contributed by atoms with van der Waals surface area (Å²) in [5.41, 5.74) is 1.64. The normalized spacial score (nSPS) is 12.1. The summed E-state index contributed by atoms with van der Waals surface area (Å²) in [7, 11) is 0. The summed E-state index contributed by atoms with van der Waals surface area (Å²) in [4.78, 5) is 27.3. The van der Waals surface area contributed by atoms with E-state index in [1.807, 2.05) is 20.8 Å². The number of alkyl halides is 3. The number of carbonyl (C=O) groups excluding carboxylic acids is 1. The van der Waals surface area contributed by atoms with E-state index in [2.05, 4.69) is 25.1 Å². The summed E-state index contributed by atoms with van der Waals surface area (Å²) in [5, 5.41) is 8.33. The van der Waals surface area contributed by atoms with Crippen LogP contribution in [0.15, 0.2) is 30.9 Å². The van der Waals surface area contributed by atoms with Crippen molar-refractivity contribution in [1.29, 1.82) is 0 Å². The Morgan fingerprint density at radius 2 is 1.84 bits per heavy atom. The summed E-state index contributed by atoms with van der Waals surface area (Å²) >= 11 is 1.48. The summed E-state index contributed by atoms with van der Waals surface area (Å²) in [6.07, 6.45) is 0.642. The molecular weight excluding hydrogens is 441 g/mol. The van der Waals surface area contributed by atoms with Crippen molar-refractivity contribution >= 4 is 27.5 Å². The molecule has 0 bridgehead atoms. The molecule has 0 unspecified atom stereocenters. The number of fused-ring (bicyclic) bond motifs is 1. The smallest absolute Gasteiger partial charge is 0.299 e. The Kier molecular flexibility index (Phi) is 5.76. The molecule has 0 saturated carbocycles. The lowest BCUT2D eigenvalue weighted by molar-refractivity contribution is -0.138. The zero-order valence-corrected chi connectivity index (χ0v) is 18.3. The topological polar surface area (TPSA) is 86.5 Å². The lowest BCUT2D eigenvalue weighted by Gasteiger charge is -2.14. The van der Waals surface area contributed by atoms with Gasteiger partial charge in [-0.05, 0) is 35.6 Å². The molecule has 4 aromatic heterocycles. The van der Waals surface area contributed by atoms with E-state index < -0.39 is 17.6 Å². The first kappa shape index (κ1) is 22.0. The van der Waals surface area contributed by atoms with Crippen LogP contribution in [0, 0.1) is 6.92 Å². The van der Waals surface area contributed by atoms with Crippen LogP contribution < -0.4 is 0 Å². The first-order valence-corrected chi connectivity index (χ1v) is 10.6. The van der Waals surface area contributed by atoms with Crippen molar-refractivity contribution in [1.82, 2.24) is 29.9 Å². The Bertz CT molecular complexity index is 1280. The van der Waals surface area contributed by atoms with Gasteiger partial charge in [0.15, 0.2) is 5.82 Å². The third kappa shape index (κ3) is 4.38. The predicted octanol–water partition coefficient (Wildman–Crippen LogP) is 4.47. The Balaban J connectivity index is 1.62. The molecule has 0 aliphatic heterocycles. The van der Waals surface area contributed by atoms with Crippen molar-refractivity contribution in [2.75, 3.05) is 0 Å². The fourth-order valence-electron chi connectivity index (χ4n) is 3.62. The lowest BCUT2D eigenvalue weighted by atomic mass is 9.93. The van der Waals surface area contributed by atoms with E-state index in [1.54, 1.807) is 6.20 Å². The third-order valence-electron chi connectivity index (χ3n) is 4.86. The molecule has 32 heavy (non-hydrogen) atoms. The molecule has 4 aromatic rings. The van der Waals surface area contributed by atoms with Gasteiger partial charge in [0.25, 0.3) is 0 Å². The van der Waals surface area contributed by atoms with Crippen LogP contribution in [0.4, 0.5) is 13.2 Å². The van der Waals surface area contributed by atoms with Gasteiger partial charge in [-0.2, -0.15) is 23.4 Å². The van der Waals surface area contributed by atoms with Gasteiger partial charge in [0.1, 0.15) is 21.7 Å². The van der Waals surface area contributed by atoms with E-state index in [0.29, 0.717) is 0 Å². The van der Waals surface area contributed by atoms with Crippen LogP contribution >= 0.6 is 11.3 Å². The zero-order chi connectivity index (χ0) is 23.0. The van der Waals surface area contributed by atoms with E-state index in [1.165, 1.54) is 29.9 Å². The monoisotopic (exact) mass is 460 g/mol. The van der Waals surface area contributed by atoms with Crippen LogP contribution in [-0.2, 0) is 23.8 Å². The highest BCUT2D eigenvalue weighted by Crippen LogP contribution is 2.34. The second kappa shape index (κ2) is 8.38. The molecule has 0 atom stereocenters. The van der Waals surface area contributed by atoms with Crippen molar-refractivity contribution in [3.63, 3.8) is 0 Å². The number of hydrogen-bond donors (Lipinski definition) is 0. The van der Waals surface area contributed by atoms with Crippen molar-refractivity contribution in [2.45, 2.75) is 45.7 Å². The molecule has 7 nitrogen and oxygen atoms in total. The van der Waals surface area contributed by atoms with Gasteiger partial charge < -0.3 is 0 Å². The van der Waals surface area contributed by atoms with E-state index in [-0.39, 0.29) is 30.1 Å². The molecule has 4 heterocycles. The van der Waals surface area contributed by atoms with Crippen molar-refractivity contribution in [2.24, 2.45) is 0 Å². The SMILES string of the molecule is Cc1nc2c(C(C)C)c(CC(=O)Cc3cnc(-n4nccn4)c(C(F)(F)F)c3)cnc2s1. The Hall–Kier alpha value is -3.21. The number of aryl methyl sites for hydroxylation is 1. The van der Waals surface area contributed by atoms with Gasteiger partial charge in [-0.15, -0.1) is 4.80 Å². The van der Waals surface area contributed by atoms with Gasteiger partial charge in [-0.25, -0.2) is 15.0 Å². The van der Waals surface area contributed by atoms with E-state index >= 15 is 0 Å². The van der Waals surface area contributed by atoms with Crippen LogP contribution in [-0.4, -0.2) is 35.7 Å². The Morgan fingerprint density at radius 3 is 2.50 bits per heavy atom. The molecule has 0 amide bonds. The maximum absolute atomic E-state index is 13.6. The summed E-state index contributed by atoms with van der Waals surface area (Å²) in [6, 6.07) is 0.929. The molecule has 0 saturated heterocycles. The highest BCUT2D eigenvalue weighted by Gasteiger charge is 2.36. The van der Waals surface area contributed by atoms with Gasteiger partial charge in [-0.3, -0.25) is 4.79 Å². The molecule has 0 aliphatic carbocycles. The van der Waals surface area contributed by atoms with Crippen LogP contribution in [0.1, 0.15) is 47.0 Å². The minimum atomic E-state index is -4.67. The van der Waals surface area contributed by atoms with Crippen molar-refractivity contribution in [3.8, 4) is 5.82 Å². The van der Waals surface area contributed by atoms with Gasteiger partial charge >= 0.3 is 6.18 Å². The quantitative estimate of drug-likeness (QED) is 0.422. The standard InChI is InChI=1S/C21H19F3N6OS/c1-11(2)17-14(10-26-20-18(17)29-12(3)32-20)8-15(31)6-13-7-16(21(22,23)24)19(25-9-13)30-27-4-5-28-30/h4-5,7,9-11H,6,8H2,1-3H3. The fourth-order valence-corrected chi connectivity index (χ4v) is 4.39. The van der Waals surface area contributed by atoms with Crippen LogP contribution in [0.25, 0.3) is 16.2 Å². The number of hydrogen-bond acceptors (Lipinski definition) is 7. The minimum Gasteiger partial charge on any atom is -0.299 e. The number of rotatable bonds is 6. The predicted molar refractivity (Wildman–Crippen MR) is 113 cm³/mol. The van der Waals surface area contributed by atoms with Crippen LogP contribution in [0.2, 0.25) is 0 Å². The Morgan fingerprint density at radius 1 is 1.12 bits per heavy atom. The molecule has 0 N–H and O–H groups in total. The number of aromatic nitrogens is 6. The Labute approximate surface area is 185 Å². The molecule has 0 spiro atoms. The average molecular weight is 460 g/mol. The maximum Gasteiger partial charge on any atom is 0.420 e. The number of nitrogens with zero attached hydrogens (tertiary/aromatic N) is 6. The first-order valence-electron chi connectivity index (χ1n) is 9.83. The van der Waals surface area contributed by atoms with E-state index in [9.17, 15) is 18.0 Å². The number of thiazole rings is 1. The highest BCUT2D eigenvalue weighted by atomic mass is 32.1. The fraction of sp³-hybridized carbons (Fsp3) is 0.333. The van der Waals surface area contributed by atoms with E-state index in [4.69, 9.17) is 0 Å². The number of halogens is 3. The van der Waals surface area contributed by atoms with Crippen molar-refractivity contribution in [3.05, 3.63) is 58.1 Å². The molecule has 0 aliphatic rings. The molecule has 11 heteroatoms. The molecule has 166 valence electrons. The summed E-state index contributed by atoms with van der Waals surface area (Å²) in [5.74, 6) is -0.557. The number of ketones is 1. The second-order valence-corrected chi connectivity index (χ2v) is 8.84. The number of pyridine rings is 2. The third-order valence-corrected chi connectivity index (χ3v) is 5.74. The van der Waals surface area contributed by atoms with Gasteiger partial charge in [-0.1, -0.05) is 25.2 Å². The van der Waals surface area contributed by atoms with Crippen LogP contribution in [0.3, 0.4) is 0 Å². The molecule has 0 radical (unpaired) electrons. The second-order valence-electron chi connectivity index (χ2n) is 7.66.